The Morgan fingerprint density at radius 1 is 1.20 bits per heavy atom. The first-order valence-corrected chi connectivity index (χ1v) is 5.92. The Hall–Kier alpha value is -2.43. The molecular weight excluding hydrogens is 264 g/mol. The van der Waals surface area contributed by atoms with Crippen molar-refractivity contribution in [1.29, 1.82) is 0 Å². The molecule has 2 aromatic rings. The van der Waals surface area contributed by atoms with Gasteiger partial charge >= 0.3 is 0 Å². The summed E-state index contributed by atoms with van der Waals surface area (Å²) in [7, 11) is 1.45. The molecular formula is C15H13F2NO2. The fraction of sp³-hybridized carbons (Fsp3) is 0.133. The highest BCUT2D eigenvalue weighted by molar-refractivity contribution is 5.77. The maximum atomic E-state index is 13.9. The zero-order valence-electron chi connectivity index (χ0n) is 10.8. The largest absolute Gasteiger partial charge is 0.496 e. The lowest BCUT2D eigenvalue weighted by Gasteiger charge is -2.10. The third kappa shape index (κ3) is 2.93. The van der Waals surface area contributed by atoms with Crippen LogP contribution in [-0.2, 0) is 11.2 Å². The van der Waals surface area contributed by atoms with Crippen molar-refractivity contribution in [3.8, 4) is 16.9 Å². The second kappa shape index (κ2) is 5.69. The van der Waals surface area contributed by atoms with Crippen molar-refractivity contribution in [3.63, 3.8) is 0 Å². The minimum absolute atomic E-state index is 0.174. The Bertz CT molecular complexity index is 656. The maximum Gasteiger partial charge on any atom is 0.221 e. The number of rotatable bonds is 4. The molecule has 0 radical (unpaired) electrons. The maximum absolute atomic E-state index is 13.9. The summed E-state index contributed by atoms with van der Waals surface area (Å²) in [6.45, 7) is 0. The molecule has 0 bridgehead atoms. The molecule has 5 heteroatoms. The fourth-order valence-corrected chi connectivity index (χ4v) is 1.95. The summed E-state index contributed by atoms with van der Waals surface area (Å²) >= 11 is 0. The first-order valence-electron chi connectivity index (χ1n) is 5.92. The molecule has 0 aromatic heterocycles. The van der Waals surface area contributed by atoms with E-state index in [1.807, 2.05) is 0 Å². The van der Waals surface area contributed by atoms with Crippen LogP contribution >= 0.6 is 0 Å². The molecule has 1 amide bonds. The SMILES string of the molecule is COc1ccc(F)cc1-c1ccc(CC(N)=O)c(F)c1. The molecule has 2 aromatic carbocycles. The van der Waals surface area contributed by atoms with Gasteiger partial charge in [0.15, 0.2) is 0 Å². The van der Waals surface area contributed by atoms with Crippen molar-refractivity contribution >= 4 is 5.91 Å². The molecule has 0 heterocycles. The number of hydrogen-bond donors (Lipinski definition) is 1. The second-order valence-corrected chi connectivity index (χ2v) is 4.29. The smallest absolute Gasteiger partial charge is 0.221 e. The predicted molar refractivity (Wildman–Crippen MR) is 71.2 cm³/mol. The normalized spacial score (nSPS) is 10.3. The van der Waals surface area contributed by atoms with E-state index >= 15 is 0 Å². The van der Waals surface area contributed by atoms with Crippen LogP contribution in [0.5, 0.6) is 5.75 Å². The number of benzene rings is 2. The Labute approximate surface area is 115 Å². The van der Waals surface area contributed by atoms with Gasteiger partial charge in [0, 0.05) is 5.56 Å². The van der Waals surface area contributed by atoms with E-state index in [-0.39, 0.29) is 12.0 Å². The molecule has 2 rings (SSSR count). The quantitative estimate of drug-likeness (QED) is 0.934. The summed E-state index contributed by atoms with van der Waals surface area (Å²) in [5, 5.41) is 0. The van der Waals surface area contributed by atoms with E-state index in [2.05, 4.69) is 0 Å². The van der Waals surface area contributed by atoms with E-state index in [1.54, 1.807) is 6.07 Å². The fourth-order valence-electron chi connectivity index (χ4n) is 1.95. The van der Waals surface area contributed by atoms with E-state index in [4.69, 9.17) is 10.5 Å². The predicted octanol–water partition coefficient (Wildman–Crippen LogP) is 2.67. The number of methoxy groups -OCH3 is 1. The van der Waals surface area contributed by atoms with Gasteiger partial charge < -0.3 is 10.5 Å². The number of ether oxygens (including phenoxy) is 1. The van der Waals surface area contributed by atoms with Crippen molar-refractivity contribution in [2.24, 2.45) is 5.73 Å². The lowest BCUT2D eigenvalue weighted by molar-refractivity contribution is -0.117. The molecule has 0 saturated heterocycles. The lowest BCUT2D eigenvalue weighted by Crippen LogP contribution is -2.14. The molecule has 0 aliphatic rings. The molecule has 0 unspecified atom stereocenters. The Kier molecular flexibility index (Phi) is 3.98. The van der Waals surface area contributed by atoms with Gasteiger partial charge in [-0.2, -0.15) is 0 Å². The number of primary amides is 1. The van der Waals surface area contributed by atoms with E-state index < -0.39 is 17.5 Å². The van der Waals surface area contributed by atoms with Crippen LogP contribution in [0.4, 0.5) is 8.78 Å². The Morgan fingerprint density at radius 3 is 2.55 bits per heavy atom. The van der Waals surface area contributed by atoms with Crippen LogP contribution in [-0.4, -0.2) is 13.0 Å². The van der Waals surface area contributed by atoms with Gasteiger partial charge in [-0.05, 0) is 35.4 Å². The van der Waals surface area contributed by atoms with Crippen LogP contribution in [0.25, 0.3) is 11.1 Å². The number of nitrogens with two attached hydrogens (primary N) is 1. The van der Waals surface area contributed by atoms with Crippen LogP contribution in [0.1, 0.15) is 5.56 Å². The number of carbonyl (C=O) groups is 1. The van der Waals surface area contributed by atoms with Gasteiger partial charge in [0.05, 0.1) is 13.5 Å². The van der Waals surface area contributed by atoms with Gasteiger partial charge in [0.1, 0.15) is 17.4 Å². The second-order valence-electron chi connectivity index (χ2n) is 4.29. The third-order valence-corrected chi connectivity index (χ3v) is 2.89. The van der Waals surface area contributed by atoms with Crippen LogP contribution in [0.15, 0.2) is 36.4 Å². The van der Waals surface area contributed by atoms with E-state index in [0.29, 0.717) is 16.9 Å². The first kappa shape index (κ1) is 14.0. The summed E-state index contributed by atoms with van der Waals surface area (Å²) in [5.74, 6) is -1.18. The van der Waals surface area contributed by atoms with Gasteiger partial charge in [-0.1, -0.05) is 12.1 Å². The monoisotopic (exact) mass is 277 g/mol. The molecule has 0 aliphatic carbocycles. The number of halogens is 2. The molecule has 3 nitrogen and oxygen atoms in total. The van der Waals surface area contributed by atoms with Crippen LogP contribution < -0.4 is 10.5 Å². The molecule has 0 atom stereocenters. The van der Waals surface area contributed by atoms with E-state index in [0.717, 1.165) is 0 Å². The van der Waals surface area contributed by atoms with Crippen molar-refractivity contribution in [2.45, 2.75) is 6.42 Å². The van der Waals surface area contributed by atoms with E-state index in [1.165, 1.54) is 37.4 Å². The highest BCUT2D eigenvalue weighted by atomic mass is 19.1. The molecule has 20 heavy (non-hydrogen) atoms. The van der Waals surface area contributed by atoms with Crippen LogP contribution in [0, 0.1) is 11.6 Å². The molecule has 104 valence electrons. The Morgan fingerprint density at radius 2 is 1.95 bits per heavy atom. The minimum Gasteiger partial charge on any atom is -0.496 e. The van der Waals surface area contributed by atoms with Crippen molar-refractivity contribution in [3.05, 3.63) is 53.6 Å². The van der Waals surface area contributed by atoms with E-state index in [9.17, 15) is 13.6 Å². The van der Waals surface area contributed by atoms with Crippen LogP contribution in [0.2, 0.25) is 0 Å². The highest BCUT2D eigenvalue weighted by Crippen LogP contribution is 2.31. The highest BCUT2D eigenvalue weighted by Gasteiger charge is 2.11. The van der Waals surface area contributed by atoms with Crippen LogP contribution in [0.3, 0.4) is 0 Å². The molecule has 2 N–H and O–H groups in total. The summed E-state index contributed by atoms with van der Waals surface area (Å²) in [6, 6.07) is 8.29. The van der Waals surface area contributed by atoms with Crippen molar-refractivity contribution in [2.75, 3.05) is 7.11 Å². The third-order valence-electron chi connectivity index (χ3n) is 2.89. The number of hydrogen-bond acceptors (Lipinski definition) is 2. The summed E-state index contributed by atoms with van der Waals surface area (Å²) < 4.78 is 32.3. The Balaban J connectivity index is 2.46. The van der Waals surface area contributed by atoms with Gasteiger partial charge in [-0.3, -0.25) is 4.79 Å². The topological polar surface area (TPSA) is 52.3 Å². The van der Waals surface area contributed by atoms with Crippen molar-refractivity contribution < 1.29 is 18.3 Å². The molecule has 0 saturated carbocycles. The number of carbonyl (C=O) groups excluding carboxylic acids is 1. The first-order chi connectivity index (χ1) is 9.51. The summed E-state index contributed by atoms with van der Waals surface area (Å²) in [4.78, 5) is 10.8. The summed E-state index contributed by atoms with van der Waals surface area (Å²) in [5.41, 5.74) is 6.14. The van der Waals surface area contributed by atoms with Crippen molar-refractivity contribution in [1.82, 2.24) is 0 Å². The standard InChI is InChI=1S/C15H13F2NO2/c1-20-14-5-4-11(16)8-12(14)9-2-3-10(7-15(18)19)13(17)6-9/h2-6,8H,7H2,1H3,(H2,18,19). The summed E-state index contributed by atoms with van der Waals surface area (Å²) in [6.07, 6.45) is -0.174. The van der Waals surface area contributed by atoms with Gasteiger partial charge in [0.2, 0.25) is 5.91 Å². The average molecular weight is 277 g/mol. The number of amides is 1. The molecule has 0 fully saturated rings. The zero-order chi connectivity index (χ0) is 14.7. The zero-order valence-corrected chi connectivity index (χ0v) is 10.8. The lowest BCUT2D eigenvalue weighted by atomic mass is 10.0. The molecule has 0 aliphatic heterocycles. The average Bonchev–Trinajstić information content (AvgIpc) is 2.40. The van der Waals surface area contributed by atoms with Gasteiger partial charge in [0.25, 0.3) is 0 Å². The molecule has 0 spiro atoms. The van der Waals surface area contributed by atoms with Gasteiger partial charge in [-0.25, -0.2) is 8.78 Å². The minimum atomic E-state index is -0.611. The van der Waals surface area contributed by atoms with Gasteiger partial charge in [-0.15, -0.1) is 0 Å².